The molecule has 0 aliphatic heterocycles. The van der Waals surface area contributed by atoms with E-state index in [0.717, 1.165) is 9.87 Å². The molecular weight excluding hydrogens is 327 g/mol. The molecule has 0 saturated carbocycles. The van der Waals surface area contributed by atoms with E-state index in [-0.39, 0.29) is 6.54 Å². The van der Waals surface area contributed by atoms with Crippen LogP contribution < -0.4 is 14.8 Å². The standard InChI is InChI=1S/C8H15N4O3PS3/c1-12(7-8-5-3-2-4-6-8)19(14,15)11-16(13,17-9)18-10/h2-6H,7,9-10H2,1H3,(H,11,13). The minimum absolute atomic E-state index is 0.153. The largest absolute Gasteiger partial charge is 0.297 e. The third-order valence-corrected chi connectivity index (χ3v) is 10.0. The van der Waals surface area contributed by atoms with Gasteiger partial charge in [0.25, 0.3) is 15.9 Å². The van der Waals surface area contributed by atoms with E-state index in [1.54, 1.807) is 24.3 Å². The predicted octanol–water partition coefficient (Wildman–Crippen LogP) is 1.27. The van der Waals surface area contributed by atoms with Crippen molar-refractivity contribution in [3.8, 4) is 0 Å². The van der Waals surface area contributed by atoms with Crippen LogP contribution in [0.25, 0.3) is 0 Å². The molecule has 1 aromatic carbocycles. The molecule has 7 nitrogen and oxygen atoms in total. The maximum Gasteiger partial charge on any atom is 0.297 e. The molecule has 0 aromatic heterocycles. The Hall–Kier alpha value is -0.0600. The lowest BCUT2D eigenvalue weighted by Crippen LogP contribution is -2.35. The van der Waals surface area contributed by atoms with Crippen LogP contribution in [-0.4, -0.2) is 19.8 Å². The Morgan fingerprint density at radius 2 is 1.79 bits per heavy atom. The van der Waals surface area contributed by atoms with E-state index in [1.807, 2.05) is 10.6 Å². The normalized spacial score (nSPS) is 12.8. The van der Waals surface area contributed by atoms with Gasteiger partial charge in [0.2, 0.25) is 0 Å². The molecule has 0 spiro atoms. The maximum absolute atomic E-state index is 12.0. The highest BCUT2D eigenvalue weighted by Crippen LogP contribution is 2.60. The summed E-state index contributed by atoms with van der Waals surface area (Å²) in [6.07, 6.45) is 0. The molecule has 5 N–H and O–H groups in total. The van der Waals surface area contributed by atoms with Gasteiger partial charge in [0.1, 0.15) is 0 Å². The fourth-order valence-corrected chi connectivity index (χ4v) is 6.67. The molecule has 0 aliphatic rings. The second kappa shape index (κ2) is 7.09. The van der Waals surface area contributed by atoms with Crippen LogP contribution in [0.5, 0.6) is 0 Å². The average Bonchev–Trinajstić information content (AvgIpc) is 2.39. The second-order valence-corrected chi connectivity index (χ2v) is 12.3. The third kappa shape index (κ3) is 5.09. The van der Waals surface area contributed by atoms with E-state index < -0.39 is 15.9 Å². The molecule has 0 bridgehead atoms. The smallest absolute Gasteiger partial charge is 0.279 e. The second-order valence-electron chi connectivity index (χ2n) is 3.55. The van der Waals surface area contributed by atoms with Gasteiger partial charge in [0, 0.05) is 36.7 Å². The van der Waals surface area contributed by atoms with Crippen molar-refractivity contribution >= 4 is 39.0 Å². The summed E-state index contributed by atoms with van der Waals surface area (Å²) in [6.45, 7) is 0.153. The Balaban J connectivity index is 2.80. The highest BCUT2D eigenvalue weighted by atomic mass is 33.1. The van der Waals surface area contributed by atoms with Gasteiger partial charge in [0.05, 0.1) is 0 Å². The van der Waals surface area contributed by atoms with Crippen molar-refractivity contribution in [1.29, 1.82) is 0 Å². The summed E-state index contributed by atoms with van der Waals surface area (Å²) >= 11 is 0.799. The molecule has 0 atom stereocenters. The lowest BCUT2D eigenvalue weighted by molar-refractivity contribution is 0.463. The summed E-state index contributed by atoms with van der Waals surface area (Å²) in [5.74, 6) is 0. The SMILES string of the molecule is CN(Cc1ccccc1)S(=O)(=O)NP(=O)(SN)SN. The number of benzene rings is 1. The molecule has 0 saturated heterocycles. The Kier molecular flexibility index (Phi) is 6.34. The van der Waals surface area contributed by atoms with Crippen LogP contribution >= 0.6 is 28.8 Å². The predicted molar refractivity (Wildman–Crippen MR) is 81.1 cm³/mol. The monoisotopic (exact) mass is 342 g/mol. The molecule has 0 aliphatic carbocycles. The zero-order chi connectivity index (χ0) is 14.5. The molecular formula is C8H15N4O3PS3. The third-order valence-electron chi connectivity index (χ3n) is 2.16. The summed E-state index contributed by atoms with van der Waals surface area (Å²) in [5.41, 5.74) is -2.64. The number of nitrogens with one attached hydrogen (secondary N) is 1. The van der Waals surface area contributed by atoms with Crippen molar-refractivity contribution in [2.75, 3.05) is 7.05 Å². The van der Waals surface area contributed by atoms with Gasteiger partial charge < -0.3 is 0 Å². The van der Waals surface area contributed by atoms with Crippen LogP contribution in [-0.2, 0) is 21.3 Å². The summed E-state index contributed by atoms with van der Waals surface area (Å²) in [4.78, 5) is 0. The summed E-state index contributed by atoms with van der Waals surface area (Å²) < 4.78 is 38.9. The topological polar surface area (TPSA) is 119 Å². The van der Waals surface area contributed by atoms with Crippen LogP contribution in [0, 0.1) is 0 Å². The Morgan fingerprint density at radius 1 is 1.26 bits per heavy atom. The van der Waals surface area contributed by atoms with Gasteiger partial charge >= 0.3 is 0 Å². The zero-order valence-electron chi connectivity index (χ0n) is 10.1. The Bertz CT molecular complexity index is 546. The Labute approximate surface area is 120 Å². The Morgan fingerprint density at radius 3 is 2.26 bits per heavy atom. The maximum atomic E-state index is 12.0. The highest BCUT2D eigenvalue weighted by molar-refractivity contribution is 8.89. The van der Waals surface area contributed by atoms with E-state index in [9.17, 15) is 13.0 Å². The van der Waals surface area contributed by atoms with E-state index in [2.05, 4.69) is 0 Å². The summed E-state index contributed by atoms with van der Waals surface area (Å²) in [6, 6.07) is 9.03. The number of rotatable bonds is 7. The number of nitrogens with zero attached hydrogens (tertiary/aromatic N) is 1. The van der Waals surface area contributed by atoms with Gasteiger partial charge in [-0.1, -0.05) is 30.3 Å². The highest BCUT2D eigenvalue weighted by Gasteiger charge is 2.30. The van der Waals surface area contributed by atoms with Crippen molar-refractivity contribution < 1.29 is 13.0 Å². The molecule has 11 heteroatoms. The van der Waals surface area contributed by atoms with Crippen molar-refractivity contribution in [3.05, 3.63) is 35.9 Å². The number of hydrogen-bond acceptors (Lipinski definition) is 7. The van der Waals surface area contributed by atoms with Crippen LogP contribution in [0.2, 0.25) is 0 Å². The van der Waals surface area contributed by atoms with Crippen LogP contribution in [0.1, 0.15) is 5.56 Å². The van der Waals surface area contributed by atoms with Crippen LogP contribution in [0.15, 0.2) is 30.3 Å². The van der Waals surface area contributed by atoms with E-state index in [4.69, 9.17) is 10.3 Å². The van der Waals surface area contributed by atoms with Crippen molar-refractivity contribution in [2.45, 2.75) is 6.54 Å². The molecule has 0 amide bonds. The summed E-state index contributed by atoms with van der Waals surface area (Å²) in [7, 11) is -2.54. The molecule has 0 radical (unpaired) electrons. The van der Waals surface area contributed by atoms with Gasteiger partial charge in [-0.3, -0.25) is 14.8 Å². The average molecular weight is 342 g/mol. The molecule has 0 fully saturated rings. The molecule has 19 heavy (non-hydrogen) atoms. The van der Waals surface area contributed by atoms with Gasteiger partial charge in [0.15, 0.2) is 0 Å². The fraction of sp³-hybridized carbons (Fsp3) is 0.250. The molecule has 0 unspecified atom stereocenters. The lowest BCUT2D eigenvalue weighted by Gasteiger charge is -2.20. The first-order valence-electron chi connectivity index (χ1n) is 4.99. The van der Waals surface area contributed by atoms with Gasteiger partial charge in [-0.2, -0.15) is 12.7 Å². The van der Waals surface area contributed by atoms with Crippen molar-refractivity contribution in [2.24, 2.45) is 10.3 Å². The van der Waals surface area contributed by atoms with Crippen LogP contribution in [0.4, 0.5) is 0 Å². The molecule has 1 rings (SSSR count). The quantitative estimate of drug-likeness (QED) is 0.504. The number of nitrogens with two attached hydrogens (primary N) is 2. The first kappa shape index (κ1) is 17.0. The minimum atomic E-state index is -3.92. The fourth-order valence-electron chi connectivity index (χ4n) is 1.20. The van der Waals surface area contributed by atoms with E-state index >= 15 is 0 Å². The van der Waals surface area contributed by atoms with Crippen molar-refractivity contribution in [1.82, 2.24) is 8.80 Å². The molecule has 108 valence electrons. The number of hydrogen-bond donors (Lipinski definition) is 3. The first-order valence-corrected chi connectivity index (χ1v) is 11.1. The van der Waals surface area contributed by atoms with Gasteiger partial charge in [-0.25, -0.2) is 0 Å². The van der Waals surface area contributed by atoms with E-state index in [0.29, 0.717) is 23.1 Å². The first-order chi connectivity index (χ1) is 8.83. The lowest BCUT2D eigenvalue weighted by atomic mass is 10.2. The van der Waals surface area contributed by atoms with Crippen LogP contribution in [0.3, 0.4) is 0 Å². The van der Waals surface area contributed by atoms with E-state index in [1.165, 1.54) is 7.05 Å². The molecule has 1 aromatic rings. The van der Waals surface area contributed by atoms with Crippen molar-refractivity contribution in [3.63, 3.8) is 0 Å². The van der Waals surface area contributed by atoms with Gasteiger partial charge in [-0.15, -0.1) is 4.49 Å². The molecule has 0 heterocycles. The summed E-state index contributed by atoms with van der Waals surface area (Å²) in [5, 5.41) is 10.4. The minimum Gasteiger partial charge on any atom is -0.279 e. The van der Waals surface area contributed by atoms with Gasteiger partial charge in [-0.05, 0) is 5.56 Å². The zero-order valence-corrected chi connectivity index (χ0v) is 13.4.